The van der Waals surface area contributed by atoms with Gasteiger partial charge in [0.05, 0.1) is 11.4 Å². The standard InChI is InChI=1S/C16H23N7/c1-13-12-20-14(2)15(21-13)17-6-7-22-8-10-23(11-9-22)16-18-4-3-5-19-16/h3-5,12H,6-11H2,1-2H3,(H,17,21). The first-order chi connectivity index (χ1) is 11.2. The van der Waals surface area contributed by atoms with Crippen LogP contribution in [0.4, 0.5) is 11.8 Å². The van der Waals surface area contributed by atoms with Crippen LogP contribution in [0.5, 0.6) is 0 Å². The van der Waals surface area contributed by atoms with Crippen LogP contribution >= 0.6 is 0 Å². The van der Waals surface area contributed by atoms with E-state index in [-0.39, 0.29) is 0 Å². The van der Waals surface area contributed by atoms with Gasteiger partial charge in [-0.05, 0) is 19.9 Å². The van der Waals surface area contributed by atoms with E-state index >= 15 is 0 Å². The number of nitrogens with zero attached hydrogens (tertiary/aromatic N) is 6. The molecule has 1 aliphatic heterocycles. The molecule has 1 aliphatic rings. The molecule has 3 rings (SSSR count). The first-order valence-electron chi connectivity index (χ1n) is 8.01. The van der Waals surface area contributed by atoms with Gasteiger partial charge in [-0.2, -0.15) is 0 Å². The number of nitrogens with one attached hydrogen (secondary N) is 1. The van der Waals surface area contributed by atoms with E-state index in [1.165, 1.54) is 0 Å². The molecule has 0 aliphatic carbocycles. The van der Waals surface area contributed by atoms with Gasteiger partial charge >= 0.3 is 0 Å². The van der Waals surface area contributed by atoms with Gasteiger partial charge in [0.1, 0.15) is 5.82 Å². The van der Waals surface area contributed by atoms with Gasteiger partial charge < -0.3 is 10.2 Å². The Labute approximate surface area is 136 Å². The van der Waals surface area contributed by atoms with E-state index in [4.69, 9.17) is 0 Å². The first-order valence-corrected chi connectivity index (χ1v) is 8.01. The van der Waals surface area contributed by atoms with Crippen molar-refractivity contribution in [3.63, 3.8) is 0 Å². The minimum absolute atomic E-state index is 0.830. The van der Waals surface area contributed by atoms with Crippen LogP contribution in [0.3, 0.4) is 0 Å². The summed E-state index contributed by atoms with van der Waals surface area (Å²) in [6.45, 7) is 9.80. The Kier molecular flexibility index (Phi) is 4.97. The van der Waals surface area contributed by atoms with Gasteiger partial charge in [0, 0.05) is 57.9 Å². The molecule has 0 unspecified atom stereocenters. The van der Waals surface area contributed by atoms with Crippen molar-refractivity contribution in [1.82, 2.24) is 24.8 Å². The lowest BCUT2D eigenvalue weighted by Gasteiger charge is -2.34. The van der Waals surface area contributed by atoms with Crippen LogP contribution in [0.25, 0.3) is 0 Å². The fraction of sp³-hybridized carbons (Fsp3) is 0.500. The molecule has 1 fully saturated rings. The van der Waals surface area contributed by atoms with E-state index in [0.29, 0.717) is 0 Å². The first kappa shape index (κ1) is 15.6. The van der Waals surface area contributed by atoms with Gasteiger partial charge in [-0.25, -0.2) is 15.0 Å². The molecule has 0 amide bonds. The highest BCUT2D eigenvalue weighted by Crippen LogP contribution is 2.10. The zero-order valence-corrected chi connectivity index (χ0v) is 13.7. The topological polar surface area (TPSA) is 70.1 Å². The second-order valence-corrected chi connectivity index (χ2v) is 5.75. The molecule has 0 bridgehead atoms. The maximum Gasteiger partial charge on any atom is 0.225 e. The predicted octanol–water partition coefficient (Wildman–Crippen LogP) is 1.12. The monoisotopic (exact) mass is 313 g/mol. The molecule has 0 aromatic carbocycles. The van der Waals surface area contributed by atoms with Crippen LogP contribution in [0.2, 0.25) is 0 Å². The van der Waals surface area contributed by atoms with Gasteiger partial charge in [-0.1, -0.05) is 0 Å². The van der Waals surface area contributed by atoms with Crippen LogP contribution in [0, 0.1) is 13.8 Å². The smallest absolute Gasteiger partial charge is 0.225 e. The minimum Gasteiger partial charge on any atom is -0.367 e. The molecule has 0 atom stereocenters. The molecule has 1 N–H and O–H groups in total. The number of anilines is 2. The number of piperazine rings is 1. The summed E-state index contributed by atoms with van der Waals surface area (Å²) >= 11 is 0. The largest absolute Gasteiger partial charge is 0.367 e. The van der Waals surface area contributed by atoms with Gasteiger partial charge in [0.25, 0.3) is 0 Å². The van der Waals surface area contributed by atoms with Crippen LogP contribution in [0.15, 0.2) is 24.7 Å². The molecular formula is C16H23N7. The Hall–Kier alpha value is -2.28. The van der Waals surface area contributed by atoms with E-state index in [0.717, 1.165) is 62.4 Å². The summed E-state index contributed by atoms with van der Waals surface area (Å²) < 4.78 is 0. The summed E-state index contributed by atoms with van der Waals surface area (Å²) in [5.74, 6) is 1.72. The van der Waals surface area contributed by atoms with Gasteiger partial charge in [0.2, 0.25) is 5.95 Å². The molecule has 0 saturated carbocycles. The molecule has 2 aromatic heterocycles. The number of hydrogen-bond acceptors (Lipinski definition) is 7. The Morgan fingerprint density at radius 2 is 1.78 bits per heavy atom. The van der Waals surface area contributed by atoms with Crippen LogP contribution in [0.1, 0.15) is 11.4 Å². The summed E-state index contributed by atoms with van der Waals surface area (Å²) in [6, 6.07) is 1.85. The van der Waals surface area contributed by atoms with E-state index < -0.39 is 0 Å². The average Bonchev–Trinajstić information content (AvgIpc) is 2.59. The summed E-state index contributed by atoms with van der Waals surface area (Å²) in [4.78, 5) is 22.1. The highest BCUT2D eigenvalue weighted by atomic mass is 15.3. The quantitative estimate of drug-likeness (QED) is 0.887. The molecule has 3 heterocycles. The normalized spacial score (nSPS) is 15.7. The molecular weight excluding hydrogens is 290 g/mol. The average molecular weight is 313 g/mol. The number of aryl methyl sites for hydroxylation is 2. The molecule has 122 valence electrons. The van der Waals surface area contributed by atoms with Crippen LogP contribution in [-0.2, 0) is 0 Å². The van der Waals surface area contributed by atoms with Crippen LogP contribution in [-0.4, -0.2) is 64.1 Å². The van der Waals surface area contributed by atoms with Gasteiger partial charge in [-0.3, -0.25) is 9.88 Å². The second kappa shape index (κ2) is 7.32. The Morgan fingerprint density at radius 1 is 1.04 bits per heavy atom. The third kappa shape index (κ3) is 4.13. The van der Waals surface area contributed by atoms with E-state index in [9.17, 15) is 0 Å². The molecule has 2 aromatic rings. The number of hydrogen-bond donors (Lipinski definition) is 1. The second-order valence-electron chi connectivity index (χ2n) is 5.75. The van der Waals surface area contributed by atoms with Gasteiger partial charge in [-0.15, -0.1) is 0 Å². The van der Waals surface area contributed by atoms with Crippen molar-refractivity contribution in [3.05, 3.63) is 36.0 Å². The number of aromatic nitrogens is 4. The van der Waals surface area contributed by atoms with Crippen molar-refractivity contribution in [2.45, 2.75) is 13.8 Å². The highest BCUT2D eigenvalue weighted by molar-refractivity contribution is 5.39. The molecule has 0 radical (unpaired) electrons. The maximum atomic E-state index is 4.49. The minimum atomic E-state index is 0.830. The van der Waals surface area contributed by atoms with Crippen LogP contribution < -0.4 is 10.2 Å². The Morgan fingerprint density at radius 3 is 2.52 bits per heavy atom. The maximum absolute atomic E-state index is 4.49. The zero-order chi connectivity index (χ0) is 16.1. The van der Waals surface area contributed by atoms with Crippen molar-refractivity contribution in [2.75, 3.05) is 49.5 Å². The molecule has 7 nitrogen and oxygen atoms in total. The molecule has 0 spiro atoms. The molecule has 7 heteroatoms. The summed E-state index contributed by atoms with van der Waals surface area (Å²) in [7, 11) is 0. The molecule has 23 heavy (non-hydrogen) atoms. The van der Waals surface area contributed by atoms with Crippen molar-refractivity contribution in [2.24, 2.45) is 0 Å². The van der Waals surface area contributed by atoms with E-state index in [1.807, 2.05) is 19.9 Å². The summed E-state index contributed by atoms with van der Waals surface area (Å²) in [5.41, 5.74) is 1.89. The lowest BCUT2D eigenvalue weighted by molar-refractivity contribution is 0.266. The fourth-order valence-corrected chi connectivity index (χ4v) is 2.66. The van der Waals surface area contributed by atoms with Crippen molar-refractivity contribution < 1.29 is 0 Å². The third-order valence-corrected chi connectivity index (χ3v) is 4.00. The fourth-order valence-electron chi connectivity index (χ4n) is 2.66. The van der Waals surface area contributed by atoms with Gasteiger partial charge in [0.15, 0.2) is 0 Å². The Balaban J connectivity index is 1.43. The number of rotatable bonds is 5. The SMILES string of the molecule is Cc1cnc(C)c(NCCN2CCN(c3ncccn3)CC2)n1. The summed E-state index contributed by atoms with van der Waals surface area (Å²) in [6.07, 6.45) is 5.39. The van der Waals surface area contributed by atoms with E-state index in [2.05, 4.69) is 35.1 Å². The third-order valence-electron chi connectivity index (χ3n) is 4.00. The highest BCUT2D eigenvalue weighted by Gasteiger charge is 2.18. The van der Waals surface area contributed by atoms with Crippen molar-refractivity contribution in [3.8, 4) is 0 Å². The van der Waals surface area contributed by atoms with Crippen molar-refractivity contribution in [1.29, 1.82) is 0 Å². The predicted molar refractivity (Wildman–Crippen MR) is 90.7 cm³/mol. The lowest BCUT2D eigenvalue weighted by atomic mass is 10.3. The zero-order valence-electron chi connectivity index (χ0n) is 13.7. The molecule has 1 saturated heterocycles. The van der Waals surface area contributed by atoms with Crippen molar-refractivity contribution >= 4 is 11.8 Å². The Bertz CT molecular complexity index is 624. The summed E-state index contributed by atoms with van der Waals surface area (Å²) in [5, 5.41) is 3.39. The lowest BCUT2D eigenvalue weighted by Crippen LogP contribution is -2.48. The van der Waals surface area contributed by atoms with E-state index in [1.54, 1.807) is 18.6 Å².